The normalized spacial score (nSPS) is 15.0. The number of halogens is 1. The van der Waals surface area contributed by atoms with E-state index in [0.29, 0.717) is 17.1 Å². The molecule has 1 saturated heterocycles. The van der Waals surface area contributed by atoms with Gasteiger partial charge in [0.2, 0.25) is 0 Å². The Morgan fingerprint density at radius 1 is 1.24 bits per heavy atom. The molecule has 1 fully saturated rings. The first-order chi connectivity index (χ1) is 14.0. The zero-order valence-corrected chi connectivity index (χ0v) is 17.1. The van der Waals surface area contributed by atoms with Crippen LogP contribution in [0, 0.1) is 6.92 Å². The molecule has 1 aliphatic rings. The van der Waals surface area contributed by atoms with E-state index in [4.69, 9.17) is 11.6 Å². The minimum Gasteiger partial charge on any atom is -0.505 e. The predicted molar refractivity (Wildman–Crippen MR) is 115 cm³/mol. The van der Waals surface area contributed by atoms with Crippen LogP contribution in [-0.2, 0) is 6.54 Å². The first-order valence-corrected chi connectivity index (χ1v) is 10.2. The van der Waals surface area contributed by atoms with Gasteiger partial charge < -0.3 is 15.3 Å². The third-order valence-corrected chi connectivity index (χ3v) is 5.84. The molecule has 1 amide bonds. The lowest BCUT2D eigenvalue weighted by Gasteiger charge is -2.32. The average Bonchev–Trinajstić information content (AvgIpc) is 2.75. The van der Waals surface area contributed by atoms with Crippen molar-refractivity contribution >= 4 is 28.4 Å². The van der Waals surface area contributed by atoms with E-state index in [1.807, 2.05) is 42.2 Å². The molecule has 4 rings (SSSR count). The number of carbonyl (C=O) groups is 1. The third-order valence-electron chi connectivity index (χ3n) is 5.52. The number of nitrogens with one attached hydrogen (secondary N) is 1. The summed E-state index contributed by atoms with van der Waals surface area (Å²) in [6, 6.07) is 13.5. The van der Waals surface area contributed by atoms with Gasteiger partial charge in [-0.25, -0.2) is 0 Å². The fourth-order valence-corrected chi connectivity index (χ4v) is 4.16. The number of fused-ring (bicyclic) bond motifs is 1. The number of hydrogen-bond acceptors (Lipinski definition) is 4. The van der Waals surface area contributed by atoms with Gasteiger partial charge in [0, 0.05) is 48.4 Å². The number of phenolic OH excluding ortho intramolecular Hbond substituents is 1. The minimum absolute atomic E-state index is 0.0946. The van der Waals surface area contributed by atoms with Crippen LogP contribution in [0.4, 0.5) is 0 Å². The molecule has 1 aliphatic heterocycles. The van der Waals surface area contributed by atoms with E-state index in [9.17, 15) is 9.90 Å². The smallest absolute Gasteiger partial charge is 0.253 e. The standard InChI is InChI=1S/C23H24ClN3O2/c1-15-4-2-5-16(12-15)23(29)27-10-7-18(8-11-27)26-14-17-13-20(24)19-6-3-9-25-21(19)22(17)28/h2-6,9,12-13,18,26,28H,7-8,10-11,14H2,1H3. The summed E-state index contributed by atoms with van der Waals surface area (Å²) < 4.78 is 0. The van der Waals surface area contributed by atoms with Gasteiger partial charge >= 0.3 is 0 Å². The van der Waals surface area contributed by atoms with Crippen molar-refractivity contribution in [3.05, 3.63) is 70.4 Å². The van der Waals surface area contributed by atoms with Gasteiger partial charge in [-0.05, 0) is 50.1 Å². The van der Waals surface area contributed by atoms with Crippen molar-refractivity contribution in [2.24, 2.45) is 0 Å². The van der Waals surface area contributed by atoms with Gasteiger partial charge in [0.05, 0.1) is 5.02 Å². The number of carbonyl (C=O) groups excluding carboxylic acids is 1. The number of rotatable bonds is 4. The summed E-state index contributed by atoms with van der Waals surface area (Å²) >= 11 is 6.36. The molecule has 6 heteroatoms. The number of aryl methyl sites for hydroxylation is 1. The Bertz CT molecular complexity index is 1050. The van der Waals surface area contributed by atoms with Crippen molar-refractivity contribution in [3.63, 3.8) is 0 Å². The number of benzene rings is 2. The number of amides is 1. The molecule has 2 N–H and O–H groups in total. The van der Waals surface area contributed by atoms with Crippen LogP contribution >= 0.6 is 11.6 Å². The van der Waals surface area contributed by atoms with Crippen LogP contribution in [0.25, 0.3) is 10.9 Å². The Morgan fingerprint density at radius 3 is 2.79 bits per heavy atom. The number of nitrogens with zero attached hydrogens (tertiary/aromatic N) is 2. The average molecular weight is 410 g/mol. The van der Waals surface area contributed by atoms with Crippen LogP contribution in [-0.4, -0.2) is 40.0 Å². The maximum Gasteiger partial charge on any atom is 0.253 e. The molecule has 150 valence electrons. The van der Waals surface area contributed by atoms with Gasteiger partial charge in [-0.1, -0.05) is 29.3 Å². The highest BCUT2D eigenvalue weighted by Crippen LogP contribution is 2.33. The molecule has 2 aromatic carbocycles. The highest BCUT2D eigenvalue weighted by Gasteiger charge is 2.24. The monoisotopic (exact) mass is 409 g/mol. The van der Waals surface area contributed by atoms with Crippen LogP contribution < -0.4 is 5.32 Å². The molecule has 5 nitrogen and oxygen atoms in total. The van der Waals surface area contributed by atoms with Gasteiger partial charge in [0.25, 0.3) is 5.91 Å². The fourth-order valence-electron chi connectivity index (χ4n) is 3.87. The molecule has 0 saturated carbocycles. The molecular formula is C23H24ClN3O2. The molecule has 0 atom stereocenters. The third kappa shape index (κ3) is 4.21. The molecule has 0 spiro atoms. The van der Waals surface area contributed by atoms with Gasteiger partial charge in [-0.15, -0.1) is 0 Å². The number of aromatic nitrogens is 1. The first-order valence-electron chi connectivity index (χ1n) is 9.87. The highest BCUT2D eigenvalue weighted by molar-refractivity contribution is 6.35. The van der Waals surface area contributed by atoms with E-state index in [-0.39, 0.29) is 17.7 Å². The van der Waals surface area contributed by atoms with E-state index in [1.165, 1.54) is 0 Å². The molecule has 0 radical (unpaired) electrons. The SMILES string of the molecule is Cc1cccc(C(=O)N2CCC(NCc3cc(Cl)c4cccnc4c3O)CC2)c1. The number of likely N-dealkylation sites (tertiary alicyclic amines) is 1. The van der Waals surface area contributed by atoms with Crippen molar-refractivity contribution in [3.8, 4) is 5.75 Å². The summed E-state index contributed by atoms with van der Waals surface area (Å²) in [4.78, 5) is 18.9. The molecule has 1 aromatic heterocycles. The number of phenols is 1. The topological polar surface area (TPSA) is 65.5 Å². The molecule has 0 aliphatic carbocycles. The number of pyridine rings is 1. The van der Waals surface area contributed by atoms with E-state index < -0.39 is 0 Å². The largest absolute Gasteiger partial charge is 0.505 e. The molecule has 0 bridgehead atoms. The predicted octanol–water partition coefficient (Wildman–Crippen LogP) is 4.30. The summed E-state index contributed by atoms with van der Waals surface area (Å²) in [7, 11) is 0. The second-order valence-electron chi connectivity index (χ2n) is 7.58. The van der Waals surface area contributed by atoms with Crippen LogP contribution in [0.5, 0.6) is 5.75 Å². The van der Waals surface area contributed by atoms with Crippen LogP contribution in [0.1, 0.15) is 34.3 Å². The second-order valence-corrected chi connectivity index (χ2v) is 7.99. The zero-order chi connectivity index (χ0) is 20.4. The Hall–Kier alpha value is -2.63. The summed E-state index contributed by atoms with van der Waals surface area (Å²) in [5, 5.41) is 15.4. The quantitative estimate of drug-likeness (QED) is 0.674. The van der Waals surface area contributed by atoms with E-state index in [1.54, 1.807) is 18.3 Å². The van der Waals surface area contributed by atoms with Crippen molar-refractivity contribution in [1.82, 2.24) is 15.2 Å². The van der Waals surface area contributed by atoms with Gasteiger partial charge in [-0.2, -0.15) is 0 Å². The van der Waals surface area contributed by atoms with Crippen molar-refractivity contribution in [1.29, 1.82) is 0 Å². The van der Waals surface area contributed by atoms with E-state index >= 15 is 0 Å². The highest BCUT2D eigenvalue weighted by atomic mass is 35.5. The first kappa shape index (κ1) is 19.7. The summed E-state index contributed by atoms with van der Waals surface area (Å²) in [5.41, 5.74) is 3.10. The van der Waals surface area contributed by atoms with Gasteiger partial charge in [-0.3, -0.25) is 9.78 Å². The Labute approximate surface area is 175 Å². The lowest BCUT2D eigenvalue weighted by molar-refractivity contribution is 0.0704. The van der Waals surface area contributed by atoms with E-state index in [0.717, 1.165) is 48.0 Å². The van der Waals surface area contributed by atoms with Gasteiger partial charge in [0.15, 0.2) is 0 Å². The molecule has 29 heavy (non-hydrogen) atoms. The molecule has 3 aromatic rings. The number of piperidine rings is 1. The Balaban J connectivity index is 1.36. The van der Waals surface area contributed by atoms with Crippen LogP contribution in [0.3, 0.4) is 0 Å². The minimum atomic E-state index is 0.0946. The maximum atomic E-state index is 12.7. The van der Waals surface area contributed by atoms with Crippen LogP contribution in [0.15, 0.2) is 48.7 Å². The molecule has 2 heterocycles. The summed E-state index contributed by atoms with van der Waals surface area (Å²) in [5.74, 6) is 0.266. The lowest BCUT2D eigenvalue weighted by Crippen LogP contribution is -2.44. The summed E-state index contributed by atoms with van der Waals surface area (Å²) in [6.45, 7) is 3.94. The van der Waals surface area contributed by atoms with Crippen molar-refractivity contribution in [2.45, 2.75) is 32.4 Å². The molecular weight excluding hydrogens is 386 g/mol. The van der Waals surface area contributed by atoms with Crippen LogP contribution in [0.2, 0.25) is 5.02 Å². The molecule has 0 unspecified atom stereocenters. The summed E-state index contributed by atoms with van der Waals surface area (Å²) in [6.07, 6.45) is 3.40. The maximum absolute atomic E-state index is 12.7. The Kier molecular flexibility index (Phi) is 5.69. The van der Waals surface area contributed by atoms with Crippen molar-refractivity contribution in [2.75, 3.05) is 13.1 Å². The second kappa shape index (κ2) is 8.39. The van der Waals surface area contributed by atoms with Crippen molar-refractivity contribution < 1.29 is 9.90 Å². The van der Waals surface area contributed by atoms with E-state index in [2.05, 4.69) is 10.3 Å². The Morgan fingerprint density at radius 2 is 2.03 bits per heavy atom. The lowest BCUT2D eigenvalue weighted by atomic mass is 10.0. The number of aromatic hydroxyl groups is 1. The fraction of sp³-hybridized carbons (Fsp3) is 0.304. The van der Waals surface area contributed by atoms with Gasteiger partial charge in [0.1, 0.15) is 11.3 Å². The number of hydrogen-bond donors (Lipinski definition) is 2. The zero-order valence-electron chi connectivity index (χ0n) is 16.4.